The van der Waals surface area contributed by atoms with Crippen molar-refractivity contribution in [3.05, 3.63) is 23.0 Å². The van der Waals surface area contributed by atoms with Crippen molar-refractivity contribution in [3.63, 3.8) is 0 Å². The molecule has 80 valence electrons. The fourth-order valence-corrected chi connectivity index (χ4v) is 1.80. The maximum absolute atomic E-state index is 12.1. The highest BCUT2D eigenvalue weighted by Crippen LogP contribution is 2.33. The molecule has 0 atom stereocenters. The van der Waals surface area contributed by atoms with Crippen LogP contribution in [0.3, 0.4) is 0 Å². The molecule has 1 N–H and O–H groups in total. The topological polar surface area (TPSA) is 42.0 Å². The Morgan fingerprint density at radius 2 is 2.07 bits per heavy atom. The Kier molecular flexibility index (Phi) is 2.07. The van der Waals surface area contributed by atoms with Crippen LogP contribution in [0.4, 0.5) is 5.69 Å². The number of aromatic nitrogens is 1. The summed E-state index contributed by atoms with van der Waals surface area (Å²) in [6.07, 6.45) is 1.77. The molecule has 0 aliphatic carbocycles. The SMILES string of the molecule is Cc1cnc2c(c1C)NCC(C)(C)C2=O. The van der Waals surface area contributed by atoms with Crippen LogP contribution in [0.1, 0.15) is 35.5 Å². The third-order valence-corrected chi connectivity index (χ3v) is 3.13. The summed E-state index contributed by atoms with van der Waals surface area (Å²) in [5, 5.41) is 3.31. The Hall–Kier alpha value is -1.38. The lowest BCUT2D eigenvalue weighted by Crippen LogP contribution is -2.38. The van der Waals surface area contributed by atoms with E-state index in [4.69, 9.17) is 0 Å². The van der Waals surface area contributed by atoms with E-state index in [0.29, 0.717) is 12.2 Å². The van der Waals surface area contributed by atoms with Crippen molar-refractivity contribution < 1.29 is 4.79 Å². The number of anilines is 1. The van der Waals surface area contributed by atoms with Crippen LogP contribution in [0.25, 0.3) is 0 Å². The van der Waals surface area contributed by atoms with Gasteiger partial charge in [0, 0.05) is 18.2 Å². The molecular weight excluding hydrogens is 188 g/mol. The Morgan fingerprint density at radius 3 is 2.73 bits per heavy atom. The molecule has 0 saturated heterocycles. The number of carbonyl (C=O) groups is 1. The summed E-state index contributed by atoms with van der Waals surface area (Å²) in [7, 11) is 0. The quantitative estimate of drug-likeness (QED) is 0.705. The van der Waals surface area contributed by atoms with Gasteiger partial charge < -0.3 is 5.32 Å². The van der Waals surface area contributed by atoms with E-state index in [0.717, 1.165) is 16.8 Å². The zero-order valence-corrected chi connectivity index (χ0v) is 9.64. The fraction of sp³-hybridized carbons (Fsp3) is 0.500. The Bertz CT molecular complexity index is 435. The van der Waals surface area contributed by atoms with Crippen molar-refractivity contribution in [2.45, 2.75) is 27.7 Å². The molecule has 0 fully saturated rings. The molecule has 0 unspecified atom stereocenters. The highest BCUT2D eigenvalue weighted by molar-refractivity contribution is 6.05. The minimum Gasteiger partial charge on any atom is -0.382 e. The summed E-state index contributed by atoms with van der Waals surface area (Å²) in [4.78, 5) is 16.3. The zero-order valence-electron chi connectivity index (χ0n) is 9.64. The number of pyridine rings is 1. The molecule has 0 radical (unpaired) electrons. The first-order valence-electron chi connectivity index (χ1n) is 5.18. The molecule has 1 aliphatic heterocycles. The Labute approximate surface area is 89.9 Å². The second-order valence-electron chi connectivity index (χ2n) is 4.86. The van der Waals surface area contributed by atoms with Crippen molar-refractivity contribution in [1.82, 2.24) is 4.98 Å². The van der Waals surface area contributed by atoms with Crippen molar-refractivity contribution >= 4 is 11.5 Å². The molecule has 1 aromatic heterocycles. The molecule has 0 saturated carbocycles. The molecule has 15 heavy (non-hydrogen) atoms. The number of Topliss-reactive ketones (excluding diaryl/α,β-unsaturated/α-hetero) is 1. The standard InChI is InChI=1S/C12H16N2O/c1-7-5-13-10-9(8(7)2)14-6-12(3,4)11(10)15/h5,14H,6H2,1-4H3. The lowest BCUT2D eigenvalue weighted by molar-refractivity contribution is 0.0839. The average molecular weight is 204 g/mol. The van der Waals surface area contributed by atoms with Gasteiger partial charge in [-0.1, -0.05) is 13.8 Å². The largest absolute Gasteiger partial charge is 0.382 e. The van der Waals surface area contributed by atoms with Gasteiger partial charge in [-0.15, -0.1) is 0 Å². The first-order valence-corrected chi connectivity index (χ1v) is 5.18. The van der Waals surface area contributed by atoms with Crippen LogP contribution >= 0.6 is 0 Å². The normalized spacial score (nSPS) is 18.3. The van der Waals surface area contributed by atoms with Gasteiger partial charge >= 0.3 is 0 Å². The minimum atomic E-state index is -0.346. The summed E-state index contributed by atoms with van der Waals surface area (Å²) < 4.78 is 0. The van der Waals surface area contributed by atoms with Crippen LogP contribution in [0.2, 0.25) is 0 Å². The smallest absolute Gasteiger partial charge is 0.190 e. The molecule has 0 aromatic carbocycles. The molecule has 3 nitrogen and oxygen atoms in total. The van der Waals surface area contributed by atoms with E-state index in [2.05, 4.69) is 10.3 Å². The number of nitrogens with zero attached hydrogens (tertiary/aromatic N) is 1. The maximum Gasteiger partial charge on any atom is 0.190 e. The number of nitrogens with one attached hydrogen (secondary N) is 1. The third-order valence-electron chi connectivity index (χ3n) is 3.13. The van der Waals surface area contributed by atoms with Gasteiger partial charge in [-0.25, -0.2) is 0 Å². The molecule has 0 amide bonds. The number of rotatable bonds is 0. The van der Waals surface area contributed by atoms with Gasteiger partial charge in [0.15, 0.2) is 5.78 Å². The molecule has 2 heterocycles. The van der Waals surface area contributed by atoms with Crippen molar-refractivity contribution in [3.8, 4) is 0 Å². The maximum atomic E-state index is 12.1. The lowest BCUT2D eigenvalue weighted by atomic mass is 9.82. The zero-order chi connectivity index (χ0) is 11.2. The number of hydrogen-bond donors (Lipinski definition) is 1. The molecule has 1 aliphatic rings. The summed E-state index contributed by atoms with van der Waals surface area (Å²) >= 11 is 0. The predicted octanol–water partition coefficient (Wildman–Crippen LogP) is 2.33. The van der Waals surface area contributed by atoms with E-state index >= 15 is 0 Å². The van der Waals surface area contributed by atoms with Crippen LogP contribution in [-0.2, 0) is 0 Å². The van der Waals surface area contributed by atoms with E-state index in [1.165, 1.54) is 0 Å². The second kappa shape index (κ2) is 3.05. The fourth-order valence-electron chi connectivity index (χ4n) is 1.80. The van der Waals surface area contributed by atoms with Crippen LogP contribution in [0.5, 0.6) is 0 Å². The number of ketones is 1. The number of aryl methyl sites for hydroxylation is 1. The summed E-state index contributed by atoms with van der Waals surface area (Å²) in [6, 6.07) is 0. The summed E-state index contributed by atoms with van der Waals surface area (Å²) in [5.74, 6) is 0.138. The molecule has 1 aromatic rings. The van der Waals surface area contributed by atoms with E-state index < -0.39 is 0 Å². The predicted molar refractivity (Wildman–Crippen MR) is 60.3 cm³/mol. The van der Waals surface area contributed by atoms with Gasteiger partial charge in [0.2, 0.25) is 0 Å². The van der Waals surface area contributed by atoms with Crippen LogP contribution in [0, 0.1) is 19.3 Å². The van der Waals surface area contributed by atoms with E-state index in [1.807, 2.05) is 27.7 Å². The molecule has 3 heteroatoms. The summed E-state index contributed by atoms with van der Waals surface area (Å²) in [6.45, 7) is 8.61. The number of carbonyl (C=O) groups excluding carboxylic acids is 1. The monoisotopic (exact) mass is 204 g/mol. The molecule has 0 spiro atoms. The van der Waals surface area contributed by atoms with Crippen LogP contribution < -0.4 is 5.32 Å². The first-order chi connectivity index (χ1) is 6.93. The molecular formula is C12H16N2O. The first kappa shape index (κ1) is 10.1. The van der Waals surface area contributed by atoms with Crippen LogP contribution in [-0.4, -0.2) is 17.3 Å². The average Bonchev–Trinajstić information content (AvgIpc) is 2.17. The van der Waals surface area contributed by atoms with Gasteiger partial charge in [-0.05, 0) is 25.0 Å². The lowest BCUT2D eigenvalue weighted by Gasteiger charge is -2.31. The number of hydrogen-bond acceptors (Lipinski definition) is 3. The second-order valence-corrected chi connectivity index (χ2v) is 4.86. The van der Waals surface area contributed by atoms with E-state index in [-0.39, 0.29) is 11.2 Å². The van der Waals surface area contributed by atoms with E-state index in [9.17, 15) is 4.79 Å². The highest BCUT2D eigenvalue weighted by atomic mass is 16.1. The number of fused-ring (bicyclic) bond motifs is 1. The minimum absolute atomic E-state index is 0.138. The highest BCUT2D eigenvalue weighted by Gasteiger charge is 2.36. The van der Waals surface area contributed by atoms with Gasteiger partial charge in [0.1, 0.15) is 5.69 Å². The van der Waals surface area contributed by atoms with Crippen molar-refractivity contribution in [1.29, 1.82) is 0 Å². The molecule has 2 rings (SSSR count). The van der Waals surface area contributed by atoms with Gasteiger partial charge in [-0.3, -0.25) is 9.78 Å². The van der Waals surface area contributed by atoms with Gasteiger partial charge in [-0.2, -0.15) is 0 Å². The van der Waals surface area contributed by atoms with Crippen molar-refractivity contribution in [2.24, 2.45) is 5.41 Å². The van der Waals surface area contributed by atoms with Crippen molar-refractivity contribution in [2.75, 3.05) is 11.9 Å². The van der Waals surface area contributed by atoms with E-state index in [1.54, 1.807) is 6.20 Å². The van der Waals surface area contributed by atoms with Gasteiger partial charge in [0.25, 0.3) is 0 Å². The Morgan fingerprint density at radius 1 is 1.40 bits per heavy atom. The Balaban J connectivity index is 2.61. The van der Waals surface area contributed by atoms with Crippen LogP contribution in [0.15, 0.2) is 6.20 Å². The third kappa shape index (κ3) is 1.42. The molecule has 0 bridgehead atoms. The van der Waals surface area contributed by atoms with Gasteiger partial charge in [0.05, 0.1) is 5.69 Å². The summed E-state index contributed by atoms with van der Waals surface area (Å²) in [5.41, 5.74) is 3.41.